The summed E-state index contributed by atoms with van der Waals surface area (Å²) >= 11 is 0. The number of carbonyl (C=O) groups excluding carboxylic acids is 1. The van der Waals surface area contributed by atoms with E-state index in [1.807, 2.05) is 0 Å². The minimum absolute atomic E-state index is 0.0618. The molecule has 1 aliphatic heterocycles. The van der Waals surface area contributed by atoms with Gasteiger partial charge in [-0.1, -0.05) is 0 Å². The summed E-state index contributed by atoms with van der Waals surface area (Å²) in [6, 6.07) is 8.72. The van der Waals surface area contributed by atoms with Crippen molar-refractivity contribution in [3.8, 4) is 11.5 Å². The van der Waals surface area contributed by atoms with Gasteiger partial charge >= 0.3 is 0 Å². The Morgan fingerprint density at radius 1 is 1.28 bits per heavy atom. The van der Waals surface area contributed by atoms with Gasteiger partial charge in [-0.3, -0.25) is 9.78 Å². The Morgan fingerprint density at radius 3 is 3.00 bits per heavy atom. The van der Waals surface area contributed by atoms with Gasteiger partial charge in [-0.2, -0.15) is 0 Å². The van der Waals surface area contributed by atoms with E-state index in [0.717, 1.165) is 0 Å². The highest BCUT2D eigenvalue weighted by atomic mass is 16.5. The maximum atomic E-state index is 12.4. The molecule has 0 fully saturated rings. The summed E-state index contributed by atoms with van der Waals surface area (Å²) in [5, 5.41) is 0. The maximum Gasteiger partial charge on any atom is 0.198 e. The molecule has 0 saturated heterocycles. The summed E-state index contributed by atoms with van der Waals surface area (Å²) in [6.45, 7) is 0.294. The largest absolute Gasteiger partial charge is 0.497 e. The summed E-state index contributed by atoms with van der Waals surface area (Å²) in [6.07, 6.45) is 1.66. The van der Waals surface area contributed by atoms with Crippen molar-refractivity contribution in [1.82, 2.24) is 4.98 Å². The third kappa shape index (κ3) is 1.62. The van der Waals surface area contributed by atoms with E-state index in [1.165, 1.54) is 0 Å². The number of fused-ring (bicyclic) bond motifs is 2. The summed E-state index contributed by atoms with van der Waals surface area (Å²) in [4.78, 5) is 16.5. The van der Waals surface area contributed by atoms with Crippen LogP contribution in [0.25, 0.3) is 0 Å². The molecule has 2 aromatic rings. The molecule has 0 saturated carbocycles. The molecule has 0 spiro atoms. The van der Waals surface area contributed by atoms with Crippen LogP contribution in [0, 0.1) is 0 Å². The predicted molar refractivity (Wildman–Crippen MR) is 65.0 cm³/mol. The van der Waals surface area contributed by atoms with Crippen LogP contribution in [0.4, 0.5) is 0 Å². The standard InChI is InChI=1S/C14H11NO3/c1-17-9-4-5-11-13(7-9)18-8-12-10(14(11)16)3-2-6-15-12/h2-7H,8H2,1H3. The van der Waals surface area contributed by atoms with Crippen molar-refractivity contribution >= 4 is 5.78 Å². The molecule has 3 rings (SSSR count). The van der Waals surface area contributed by atoms with Gasteiger partial charge in [0, 0.05) is 17.8 Å². The molecule has 90 valence electrons. The molecule has 0 atom stereocenters. The minimum Gasteiger partial charge on any atom is -0.497 e. The molecule has 0 amide bonds. The molecular weight excluding hydrogens is 230 g/mol. The van der Waals surface area contributed by atoms with Gasteiger partial charge in [0.2, 0.25) is 0 Å². The lowest BCUT2D eigenvalue weighted by atomic mass is 10.0. The summed E-state index contributed by atoms with van der Waals surface area (Å²) in [5.74, 6) is 1.14. The van der Waals surface area contributed by atoms with Gasteiger partial charge < -0.3 is 9.47 Å². The molecular formula is C14H11NO3. The van der Waals surface area contributed by atoms with Gasteiger partial charge in [0.05, 0.1) is 18.4 Å². The SMILES string of the molecule is COc1ccc2c(c1)OCc1ncccc1C2=O. The lowest BCUT2D eigenvalue weighted by molar-refractivity contribution is 0.103. The van der Waals surface area contributed by atoms with Gasteiger partial charge in [-0.05, 0) is 24.3 Å². The van der Waals surface area contributed by atoms with Crippen molar-refractivity contribution in [1.29, 1.82) is 0 Å². The van der Waals surface area contributed by atoms with Gasteiger partial charge in [0.25, 0.3) is 0 Å². The second kappa shape index (κ2) is 4.14. The van der Waals surface area contributed by atoms with Crippen LogP contribution in [0.1, 0.15) is 21.6 Å². The number of nitrogens with zero attached hydrogens (tertiary/aromatic N) is 1. The Balaban J connectivity index is 2.15. The second-order valence-corrected chi connectivity index (χ2v) is 3.98. The van der Waals surface area contributed by atoms with Crippen molar-refractivity contribution in [2.45, 2.75) is 6.61 Å². The van der Waals surface area contributed by atoms with Crippen molar-refractivity contribution in [2.75, 3.05) is 7.11 Å². The average Bonchev–Trinajstić information content (AvgIpc) is 2.57. The zero-order valence-corrected chi connectivity index (χ0v) is 9.84. The topological polar surface area (TPSA) is 48.4 Å². The van der Waals surface area contributed by atoms with E-state index in [9.17, 15) is 4.79 Å². The molecule has 2 heterocycles. The first-order chi connectivity index (χ1) is 8.79. The van der Waals surface area contributed by atoms with E-state index in [2.05, 4.69) is 4.98 Å². The lowest BCUT2D eigenvalue weighted by Crippen LogP contribution is -2.04. The number of pyridine rings is 1. The van der Waals surface area contributed by atoms with Gasteiger partial charge in [0.15, 0.2) is 5.78 Å². The van der Waals surface area contributed by atoms with Crippen LogP contribution in [0.3, 0.4) is 0 Å². The molecule has 0 bridgehead atoms. The van der Waals surface area contributed by atoms with Gasteiger partial charge in [-0.25, -0.2) is 0 Å². The fraction of sp³-hybridized carbons (Fsp3) is 0.143. The molecule has 0 N–H and O–H groups in total. The highest BCUT2D eigenvalue weighted by molar-refractivity contribution is 6.11. The number of hydrogen-bond donors (Lipinski definition) is 0. The molecule has 0 unspecified atom stereocenters. The molecule has 0 aliphatic carbocycles. The molecule has 1 aliphatic rings. The third-order valence-electron chi connectivity index (χ3n) is 2.93. The predicted octanol–water partition coefficient (Wildman–Crippen LogP) is 2.21. The second-order valence-electron chi connectivity index (χ2n) is 3.98. The summed E-state index contributed by atoms with van der Waals surface area (Å²) in [7, 11) is 1.58. The summed E-state index contributed by atoms with van der Waals surface area (Å²) in [5.41, 5.74) is 1.81. The first-order valence-corrected chi connectivity index (χ1v) is 5.59. The van der Waals surface area contributed by atoms with E-state index in [4.69, 9.17) is 9.47 Å². The van der Waals surface area contributed by atoms with Crippen LogP contribution in [-0.2, 0) is 6.61 Å². The zero-order valence-electron chi connectivity index (χ0n) is 9.84. The van der Waals surface area contributed by atoms with Crippen molar-refractivity contribution < 1.29 is 14.3 Å². The quantitative estimate of drug-likeness (QED) is 0.768. The smallest absolute Gasteiger partial charge is 0.198 e. The first kappa shape index (κ1) is 10.8. The minimum atomic E-state index is -0.0618. The normalized spacial score (nSPS) is 13.1. The third-order valence-corrected chi connectivity index (χ3v) is 2.93. The Hall–Kier alpha value is -2.36. The lowest BCUT2D eigenvalue weighted by Gasteiger charge is -2.07. The Bertz CT molecular complexity index is 622. The number of benzene rings is 1. The van der Waals surface area contributed by atoms with E-state index < -0.39 is 0 Å². The molecule has 1 aromatic carbocycles. The zero-order chi connectivity index (χ0) is 12.5. The fourth-order valence-electron chi connectivity index (χ4n) is 1.99. The number of ketones is 1. The summed E-state index contributed by atoms with van der Waals surface area (Å²) < 4.78 is 10.8. The van der Waals surface area contributed by atoms with Crippen LogP contribution in [-0.4, -0.2) is 17.9 Å². The van der Waals surface area contributed by atoms with Crippen molar-refractivity contribution in [3.05, 3.63) is 53.3 Å². The average molecular weight is 241 g/mol. The van der Waals surface area contributed by atoms with Gasteiger partial charge in [0.1, 0.15) is 18.1 Å². The highest BCUT2D eigenvalue weighted by Crippen LogP contribution is 2.30. The van der Waals surface area contributed by atoms with E-state index in [-0.39, 0.29) is 5.78 Å². The van der Waals surface area contributed by atoms with E-state index in [1.54, 1.807) is 43.6 Å². The van der Waals surface area contributed by atoms with E-state index >= 15 is 0 Å². The van der Waals surface area contributed by atoms with Crippen LogP contribution in [0.15, 0.2) is 36.5 Å². The number of aromatic nitrogens is 1. The fourth-order valence-corrected chi connectivity index (χ4v) is 1.99. The highest BCUT2D eigenvalue weighted by Gasteiger charge is 2.23. The number of carbonyl (C=O) groups is 1. The molecule has 1 aromatic heterocycles. The Morgan fingerprint density at radius 2 is 2.17 bits per heavy atom. The molecule has 4 nitrogen and oxygen atoms in total. The van der Waals surface area contributed by atoms with Crippen LogP contribution < -0.4 is 9.47 Å². The number of hydrogen-bond acceptors (Lipinski definition) is 4. The maximum absolute atomic E-state index is 12.4. The van der Waals surface area contributed by atoms with Gasteiger partial charge in [-0.15, -0.1) is 0 Å². The van der Waals surface area contributed by atoms with Crippen LogP contribution >= 0.6 is 0 Å². The molecule has 0 radical (unpaired) electrons. The molecule has 18 heavy (non-hydrogen) atoms. The Kier molecular flexibility index (Phi) is 2.48. The number of ether oxygens (including phenoxy) is 2. The van der Waals surface area contributed by atoms with Crippen LogP contribution in [0.2, 0.25) is 0 Å². The Labute approximate surface area is 104 Å². The van der Waals surface area contributed by atoms with Crippen molar-refractivity contribution in [3.63, 3.8) is 0 Å². The number of methoxy groups -OCH3 is 1. The molecule has 4 heteroatoms. The van der Waals surface area contributed by atoms with E-state index in [0.29, 0.717) is 34.9 Å². The van der Waals surface area contributed by atoms with Crippen molar-refractivity contribution in [2.24, 2.45) is 0 Å². The monoisotopic (exact) mass is 241 g/mol. The number of rotatable bonds is 1. The first-order valence-electron chi connectivity index (χ1n) is 5.59. The van der Waals surface area contributed by atoms with Crippen LogP contribution in [0.5, 0.6) is 11.5 Å².